The Morgan fingerprint density at radius 3 is 2.82 bits per heavy atom. The first kappa shape index (κ1) is 12.7. The average Bonchev–Trinajstić information content (AvgIpc) is 2.32. The van der Waals surface area contributed by atoms with Crippen LogP contribution in [0.25, 0.3) is 0 Å². The number of benzene rings is 1. The van der Waals surface area contributed by atoms with Gasteiger partial charge < -0.3 is 15.1 Å². The molecule has 1 aromatic rings. The van der Waals surface area contributed by atoms with Gasteiger partial charge in [-0.15, -0.1) is 0 Å². The van der Waals surface area contributed by atoms with E-state index >= 15 is 0 Å². The Hall–Kier alpha value is -0.770. The molecule has 0 bridgehead atoms. The highest BCUT2D eigenvalue weighted by molar-refractivity contribution is 6.33. The van der Waals surface area contributed by atoms with E-state index in [1.54, 1.807) is 6.07 Å². The van der Waals surface area contributed by atoms with Crippen LogP contribution in [0.3, 0.4) is 0 Å². The lowest BCUT2D eigenvalue weighted by molar-refractivity contribution is 0.0971. The Morgan fingerprint density at radius 1 is 1.47 bits per heavy atom. The summed E-state index contributed by atoms with van der Waals surface area (Å²) in [5.41, 5.74) is 1.81. The lowest BCUT2D eigenvalue weighted by atomic mass is 9.96. The summed E-state index contributed by atoms with van der Waals surface area (Å²) in [6, 6.07) is 5.63. The van der Waals surface area contributed by atoms with E-state index in [0.717, 1.165) is 30.8 Å². The second-order valence-corrected chi connectivity index (χ2v) is 5.13. The fraction of sp³-hybridized carbons (Fsp3) is 0.538. The molecular weight excluding hydrogens is 238 g/mol. The highest BCUT2D eigenvalue weighted by Gasteiger charge is 2.25. The molecule has 2 rings (SSSR count). The number of piperidine rings is 1. The van der Waals surface area contributed by atoms with Crippen molar-refractivity contribution in [3.63, 3.8) is 0 Å². The Balaban J connectivity index is 2.17. The van der Waals surface area contributed by atoms with Gasteiger partial charge in [-0.25, -0.2) is 0 Å². The van der Waals surface area contributed by atoms with Crippen LogP contribution in [0, 0.1) is 5.92 Å². The molecule has 0 radical (unpaired) electrons. The van der Waals surface area contributed by atoms with Crippen molar-refractivity contribution in [2.24, 2.45) is 5.92 Å². The summed E-state index contributed by atoms with van der Waals surface area (Å²) >= 11 is 6.21. The normalized spacial score (nSPS) is 25.1. The fourth-order valence-corrected chi connectivity index (χ4v) is 2.58. The number of nitrogens with zero attached hydrogens (tertiary/aromatic N) is 1. The van der Waals surface area contributed by atoms with Crippen LogP contribution in [0.15, 0.2) is 18.2 Å². The molecule has 1 aromatic carbocycles. The van der Waals surface area contributed by atoms with Gasteiger partial charge in [-0.2, -0.15) is 0 Å². The second-order valence-electron chi connectivity index (χ2n) is 4.72. The zero-order valence-electron chi connectivity index (χ0n) is 9.93. The zero-order chi connectivity index (χ0) is 12.4. The number of hydrogen-bond donors (Lipinski definition) is 2. The van der Waals surface area contributed by atoms with Gasteiger partial charge in [0.1, 0.15) is 0 Å². The summed E-state index contributed by atoms with van der Waals surface area (Å²) < 4.78 is 0. The third-order valence-electron chi connectivity index (χ3n) is 3.40. The van der Waals surface area contributed by atoms with Gasteiger partial charge in [0.25, 0.3) is 0 Å². The molecule has 4 heteroatoms. The highest BCUT2D eigenvalue weighted by atomic mass is 35.5. The third-order valence-corrected chi connectivity index (χ3v) is 3.70. The molecule has 94 valence electrons. The molecule has 2 N–H and O–H groups in total. The van der Waals surface area contributed by atoms with Crippen LogP contribution in [0.4, 0.5) is 5.69 Å². The van der Waals surface area contributed by atoms with Crippen molar-refractivity contribution in [3.05, 3.63) is 28.8 Å². The molecule has 1 aliphatic rings. The van der Waals surface area contributed by atoms with Crippen molar-refractivity contribution in [2.45, 2.75) is 26.1 Å². The molecule has 0 amide bonds. The molecule has 1 aliphatic heterocycles. The number of hydrogen-bond acceptors (Lipinski definition) is 3. The molecule has 3 nitrogen and oxygen atoms in total. The van der Waals surface area contributed by atoms with Gasteiger partial charge in [-0.3, -0.25) is 0 Å². The van der Waals surface area contributed by atoms with Gasteiger partial charge in [-0.05, 0) is 30.0 Å². The van der Waals surface area contributed by atoms with Gasteiger partial charge in [0.2, 0.25) is 0 Å². The van der Waals surface area contributed by atoms with Gasteiger partial charge >= 0.3 is 0 Å². The zero-order valence-corrected chi connectivity index (χ0v) is 10.7. The molecule has 2 atom stereocenters. The summed E-state index contributed by atoms with van der Waals surface area (Å²) in [6.45, 7) is 3.70. The van der Waals surface area contributed by atoms with E-state index in [1.165, 1.54) is 0 Å². The van der Waals surface area contributed by atoms with Crippen LogP contribution in [0.1, 0.15) is 18.9 Å². The molecule has 17 heavy (non-hydrogen) atoms. The van der Waals surface area contributed by atoms with E-state index in [9.17, 15) is 5.11 Å². The van der Waals surface area contributed by atoms with Crippen molar-refractivity contribution in [2.75, 3.05) is 18.0 Å². The quantitative estimate of drug-likeness (QED) is 0.850. The number of halogens is 1. The molecule has 0 spiro atoms. The van der Waals surface area contributed by atoms with Crippen LogP contribution in [-0.2, 0) is 6.61 Å². The molecule has 1 saturated heterocycles. The van der Waals surface area contributed by atoms with Crippen LogP contribution in [-0.4, -0.2) is 29.4 Å². The third kappa shape index (κ3) is 2.73. The van der Waals surface area contributed by atoms with Crippen LogP contribution < -0.4 is 4.90 Å². The Bertz CT molecular complexity index is 397. The van der Waals surface area contributed by atoms with Crippen molar-refractivity contribution < 1.29 is 10.2 Å². The lowest BCUT2D eigenvalue weighted by Crippen LogP contribution is -2.42. The first-order chi connectivity index (χ1) is 8.11. The maximum absolute atomic E-state index is 9.70. The topological polar surface area (TPSA) is 43.7 Å². The first-order valence-electron chi connectivity index (χ1n) is 5.94. The number of anilines is 1. The predicted molar refractivity (Wildman–Crippen MR) is 69.4 cm³/mol. The number of aliphatic hydroxyl groups excluding tert-OH is 2. The Morgan fingerprint density at radius 2 is 2.24 bits per heavy atom. The van der Waals surface area contributed by atoms with Gasteiger partial charge in [0.05, 0.1) is 23.4 Å². The molecule has 0 aromatic heterocycles. The minimum absolute atomic E-state index is 0.00904. The molecule has 2 unspecified atom stereocenters. The van der Waals surface area contributed by atoms with E-state index in [-0.39, 0.29) is 18.6 Å². The smallest absolute Gasteiger partial charge is 0.0682 e. The maximum atomic E-state index is 9.70. The van der Waals surface area contributed by atoms with Crippen molar-refractivity contribution in [1.29, 1.82) is 0 Å². The van der Waals surface area contributed by atoms with Crippen molar-refractivity contribution in [1.82, 2.24) is 0 Å². The van der Waals surface area contributed by atoms with Crippen molar-refractivity contribution in [3.8, 4) is 0 Å². The fourth-order valence-electron chi connectivity index (χ4n) is 2.26. The number of rotatable bonds is 2. The van der Waals surface area contributed by atoms with Crippen LogP contribution in [0.2, 0.25) is 5.02 Å². The van der Waals surface area contributed by atoms with Gasteiger partial charge in [-0.1, -0.05) is 24.6 Å². The van der Waals surface area contributed by atoms with Gasteiger partial charge in [0, 0.05) is 13.1 Å². The van der Waals surface area contributed by atoms with E-state index in [0.29, 0.717) is 5.02 Å². The van der Waals surface area contributed by atoms with E-state index in [1.807, 2.05) is 19.1 Å². The lowest BCUT2D eigenvalue weighted by Gasteiger charge is -2.36. The predicted octanol–water partition coefficient (Wildman–Crippen LogP) is 2.04. The standard InChI is InChI=1S/C13H18ClNO2/c1-9-7-15(5-4-13(9)17)12-3-2-10(8-16)6-11(12)14/h2-3,6,9,13,16-17H,4-5,7-8H2,1H3. The summed E-state index contributed by atoms with van der Waals surface area (Å²) in [4.78, 5) is 2.20. The molecule has 1 fully saturated rings. The highest BCUT2D eigenvalue weighted by Crippen LogP contribution is 2.30. The summed E-state index contributed by atoms with van der Waals surface area (Å²) in [7, 11) is 0. The first-order valence-corrected chi connectivity index (χ1v) is 6.32. The summed E-state index contributed by atoms with van der Waals surface area (Å²) in [6.07, 6.45) is 0.570. The summed E-state index contributed by atoms with van der Waals surface area (Å²) in [5.74, 6) is 0.261. The SMILES string of the molecule is CC1CN(c2ccc(CO)cc2Cl)CCC1O. The van der Waals surface area contributed by atoms with Crippen molar-refractivity contribution >= 4 is 17.3 Å². The van der Waals surface area contributed by atoms with Crippen LogP contribution in [0.5, 0.6) is 0 Å². The van der Waals surface area contributed by atoms with E-state index in [4.69, 9.17) is 16.7 Å². The monoisotopic (exact) mass is 255 g/mol. The van der Waals surface area contributed by atoms with E-state index < -0.39 is 0 Å². The Kier molecular flexibility index (Phi) is 3.92. The minimum atomic E-state index is -0.207. The van der Waals surface area contributed by atoms with E-state index in [2.05, 4.69) is 4.90 Å². The Labute approximate surface area is 107 Å². The average molecular weight is 256 g/mol. The minimum Gasteiger partial charge on any atom is -0.393 e. The molecule has 1 heterocycles. The number of aliphatic hydroxyl groups is 2. The maximum Gasteiger partial charge on any atom is 0.0682 e. The molecule has 0 aliphatic carbocycles. The second kappa shape index (κ2) is 5.25. The van der Waals surface area contributed by atoms with Crippen LogP contribution >= 0.6 is 11.6 Å². The summed E-state index contributed by atoms with van der Waals surface area (Å²) in [5, 5.41) is 19.4. The largest absolute Gasteiger partial charge is 0.393 e. The molecule has 0 saturated carbocycles. The molecular formula is C13H18ClNO2. The van der Waals surface area contributed by atoms with Gasteiger partial charge in [0.15, 0.2) is 0 Å².